The number of hydrogen-bond donors (Lipinski definition) is 1. The molecule has 2 heterocycles. The summed E-state index contributed by atoms with van der Waals surface area (Å²) in [5, 5.41) is 4.20. The number of hydroxylamine groups is 1. The molecule has 106 valence electrons. The molecule has 1 amide bonds. The van der Waals surface area contributed by atoms with Gasteiger partial charge in [-0.05, 0) is 32.8 Å². The van der Waals surface area contributed by atoms with E-state index in [4.69, 9.17) is 4.84 Å². The number of hydrogen-bond acceptors (Lipinski definition) is 4. The highest BCUT2D eigenvalue weighted by molar-refractivity contribution is 5.99. The number of aryl methyl sites for hydroxylation is 2. The minimum absolute atomic E-state index is 0.136. The van der Waals surface area contributed by atoms with E-state index in [-0.39, 0.29) is 12.0 Å². The van der Waals surface area contributed by atoms with Crippen molar-refractivity contribution < 1.29 is 9.63 Å². The van der Waals surface area contributed by atoms with Crippen molar-refractivity contribution in [3.05, 3.63) is 29.2 Å². The fourth-order valence-corrected chi connectivity index (χ4v) is 2.63. The Labute approximate surface area is 117 Å². The monoisotopic (exact) mass is 274 g/mol. The van der Waals surface area contributed by atoms with Crippen molar-refractivity contribution in [2.45, 2.75) is 45.6 Å². The Hall–Kier alpha value is -1.95. The summed E-state index contributed by atoms with van der Waals surface area (Å²) < 4.78 is 1.66. The van der Waals surface area contributed by atoms with Gasteiger partial charge in [-0.25, -0.2) is 15.0 Å². The van der Waals surface area contributed by atoms with Crippen molar-refractivity contribution >= 4 is 11.6 Å². The van der Waals surface area contributed by atoms with Gasteiger partial charge in [0.25, 0.3) is 5.91 Å². The zero-order valence-corrected chi connectivity index (χ0v) is 11.7. The molecule has 1 aliphatic rings. The molecule has 20 heavy (non-hydrogen) atoms. The number of amides is 1. The SMILES string of the molecule is Cc1cc(C)n2ncc(C(=O)NOC3CCCC3)c2n1. The van der Waals surface area contributed by atoms with Crippen molar-refractivity contribution in [3.63, 3.8) is 0 Å². The lowest BCUT2D eigenvalue weighted by molar-refractivity contribution is -0.0124. The molecule has 1 aliphatic carbocycles. The van der Waals surface area contributed by atoms with Crippen LogP contribution in [0.4, 0.5) is 0 Å². The van der Waals surface area contributed by atoms with Gasteiger partial charge >= 0.3 is 0 Å². The number of fused-ring (bicyclic) bond motifs is 1. The van der Waals surface area contributed by atoms with E-state index >= 15 is 0 Å². The van der Waals surface area contributed by atoms with Gasteiger partial charge in [0.15, 0.2) is 5.65 Å². The van der Waals surface area contributed by atoms with Gasteiger partial charge in [0, 0.05) is 11.4 Å². The fourth-order valence-electron chi connectivity index (χ4n) is 2.63. The van der Waals surface area contributed by atoms with E-state index in [2.05, 4.69) is 15.6 Å². The van der Waals surface area contributed by atoms with Gasteiger partial charge in [0.1, 0.15) is 5.56 Å². The van der Waals surface area contributed by atoms with Crippen LogP contribution >= 0.6 is 0 Å². The van der Waals surface area contributed by atoms with Crippen LogP contribution < -0.4 is 5.48 Å². The second-order valence-corrected chi connectivity index (χ2v) is 5.29. The number of carbonyl (C=O) groups is 1. The Kier molecular flexibility index (Phi) is 3.40. The van der Waals surface area contributed by atoms with E-state index in [9.17, 15) is 4.79 Å². The first kappa shape index (κ1) is 13.1. The first-order chi connectivity index (χ1) is 9.65. The van der Waals surface area contributed by atoms with Gasteiger partial charge in [-0.15, -0.1) is 0 Å². The molecule has 3 rings (SSSR count). The predicted molar refractivity (Wildman–Crippen MR) is 73.3 cm³/mol. The molecule has 2 aromatic rings. The van der Waals surface area contributed by atoms with Crippen LogP contribution in [-0.4, -0.2) is 26.6 Å². The van der Waals surface area contributed by atoms with E-state index in [0.717, 1.165) is 37.1 Å². The van der Waals surface area contributed by atoms with Crippen molar-refractivity contribution in [3.8, 4) is 0 Å². The lowest BCUT2D eigenvalue weighted by Gasteiger charge is -2.10. The third kappa shape index (κ3) is 2.38. The lowest BCUT2D eigenvalue weighted by atomic mass is 10.3. The van der Waals surface area contributed by atoms with Crippen LogP contribution in [0.2, 0.25) is 0 Å². The predicted octanol–water partition coefficient (Wildman–Crippen LogP) is 1.95. The van der Waals surface area contributed by atoms with Crippen molar-refractivity contribution in [2.24, 2.45) is 0 Å². The third-order valence-electron chi connectivity index (χ3n) is 3.64. The normalized spacial score (nSPS) is 15.9. The first-order valence-corrected chi connectivity index (χ1v) is 6.93. The van der Waals surface area contributed by atoms with Crippen molar-refractivity contribution in [1.29, 1.82) is 0 Å². The summed E-state index contributed by atoms with van der Waals surface area (Å²) in [5.74, 6) is -0.288. The molecule has 6 nitrogen and oxygen atoms in total. The Morgan fingerprint density at radius 1 is 1.40 bits per heavy atom. The Balaban J connectivity index is 1.80. The van der Waals surface area contributed by atoms with Gasteiger partial charge < -0.3 is 0 Å². The summed E-state index contributed by atoms with van der Waals surface area (Å²) in [4.78, 5) is 22.0. The third-order valence-corrected chi connectivity index (χ3v) is 3.64. The quantitative estimate of drug-likeness (QED) is 0.869. The van der Waals surface area contributed by atoms with E-state index in [1.165, 1.54) is 6.20 Å². The largest absolute Gasteiger partial charge is 0.280 e. The summed E-state index contributed by atoms with van der Waals surface area (Å²) >= 11 is 0. The van der Waals surface area contributed by atoms with Gasteiger partial charge in [-0.2, -0.15) is 5.10 Å². The van der Waals surface area contributed by atoms with Crippen LogP contribution in [0.15, 0.2) is 12.3 Å². The van der Waals surface area contributed by atoms with E-state index in [1.807, 2.05) is 19.9 Å². The average molecular weight is 274 g/mol. The molecule has 0 radical (unpaired) electrons. The topological polar surface area (TPSA) is 68.5 Å². The fraction of sp³-hybridized carbons (Fsp3) is 0.500. The summed E-state index contributed by atoms with van der Waals surface area (Å²) in [6.45, 7) is 3.84. The molecule has 1 N–H and O–H groups in total. The highest BCUT2D eigenvalue weighted by Crippen LogP contribution is 2.20. The average Bonchev–Trinajstić information content (AvgIpc) is 3.04. The zero-order chi connectivity index (χ0) is 14.1. The molecule has 6 heteroatoms. The van der Waals surface area contributed by atoms with Gasteiger partial charge in [0.05, 0.1) is 12.3 Å². The lowest BCUT2D eigenvalue weighted by Crippen LogP contribution is -2.28. The van der Waals surface area contributed by atoms with Crippen LogP contribution in [0, 0.1) is 13.8 Å². The molecule has 1 saturated carbocycles. The minimum atomic E-state index is -0.288. The van der Waals surface area contributed by atoms with Crippen LogP contribution in [0.5, 0.6) is 0 Å². The molecule has 0 unspecified atom stereocenters. The molecule has 0 saturated heterocycles. The number of rotatable bonds is 3. The number of aromatic nitrogens is 3. The van der Waals surface area contributed by atoms with Gasteiger partial charge in [-0.1, -0.05) is 12.8 Å². The summed E-state index contributed by atoms with van der Waals surface area (Å²) in [5.41, 5.74) is 5.34. The van der Waals surface area contributed by atoms with Crippen LogP contribution in [-0.2, 0) is 4.84 Å². The molecule has 0 aliphatic heterocycles. The van der Waals surface area contributed by atoms with Crippen LogP contribution in [0.3, 0.4) is 0 Å². The maximum absolute atomic E-state index is 12.2. The van der Waals surface area contributed by atoms with Gasteiger partial charge in [-0.3, -0.25) is 9.63 Å². The molecule has 2 aromatic heterocycles. The maximum atomic E-state index is 12.2. The minimum Gasteiger partial charge on any atom is -0.270 e. The highest BCUT2D eigenvalue weighted by Gasteiger charge is 2.19. The molecular weight excluding hydrogens is 256 g/mol. The van der Waals surface area contributed by atoms with Crippen LogP contribution in [0.1, 0.15) is 47.4 Å². The second kappa shape index (κ2) is 5.20. The van der Waals surface area contributed by atoms with E-state index < -0.39 is 0 Å². The number of carbonyl (C=O) groups excluding carboxylic acids is 1. The molecule has 0 atom stereocenters. The van der Waals surface area contributed by atoms with Crippen molar-refractivity contribution in [2.75, 3.05) is 0 Å². The molecule has 1 fully saturated rings. The Morgan fingerprint density at radius 3 is 2.90 bits per heavy atom. The Bertz CT molecular complexity index is 644. The maximum Gasteiger partial charge on any atom is 0.280 e. The summed E-state index contributed by atoms with van der Waals surface area (Å²) in [6, 6.07) is 1.93. The van der Waals surface area contributed by atoms with Crippen LogP contribution in [0.25, 0.3) is 5.65 Å². The van der Waals surface area contributed by atoms with Gasteiger partial charge in [0.2, 0.25) is 0 Å². The van der Waals surface area contributed by atoms with E-state index in [0.29, 0.717) is 11.2 Å². The van der Waals surface area contributed by atoms with Crippen molar-refractivity contribution in [1.82, 2.24) is 20.1 Å². The standard InChI is InChI=1S/C14H18N4O2/c1-9-7-10(2)18-13(16-9)12(8-15-18)14(19)17-20-11-5-3-4-6-11/h7-8,11H,3-6H2,1-2H3,(H,17,19). The number of nitrogens with zero attached hydrogens (tertiary/aromatic N) is 3. The first-order valence-electron chi connectivity index (χ1n) is 6.93. The summed E-state index contributed by atoms with van der Waals surface area (Å²) in [6.07, 6.45) is 6.00. The number of nitrogens with one attached hydrogen (secondary N) is 1. The zero-order valence-electron chi connectivity index (χ0n) is 11.7. The molecule has 0 bridgehead atoms. The molecule has 0 aromatic carbocycles. The molecular formula is C14H18N4O2. The van der Waals surface area contributed by atoms with E-state index in [1.54, 1.807) is 4.52 Å². The summed E-state index contributed by atoms with van der Waals surface area (Å²) in [7, 11) is 0. The highest BCUT2D eigenvalue weighted by atomic mass is 16.7. The second-order valence-electron chi connectivity index (χ2n) is 5.29. The molecule has 0 spiro atoms. The smallest absolute Gasteiger partial charge is 0.270 e. The Morgan fingerprint density at radius 2 is 2.15 bits per heavy atom.